The number of aryl methyl sites for hydroxylation is 1. The highest BCUT2D eigenvalue weighted by molar-refractivity contribution is 9.10. The second-order valence-corrected chi connectivity index (χ2v) is 7.09. The standard InChI is InChI=1S/C13H18BrNO2S/c1-9-6-11(8-12(14)7-9)13(16)15-5-4-10(2)18(3)17/h6-8,10H,4-5H2,1-3H3,(H,15,16)/t10-,18-/m0/s1. The third-order valence-corrected chi connectivity index (χ3v) is 4.53. The predicted molar refractivity (Wildman–Crippen MR) is 79.4 cm³/mol. The van der Waals surface area contributed by atoms with Crippen molar-refractivity contribution in [2.45, 2.75) is 25.5 Å². The number of halogens is 1. The average molecular weight is 332 g/mol. The number of amides is 1. The molecule has 0 saturated heterocycles. The van der Waals surface area contributed by atoms with Crippen LogP contribution in [-0.4, -0.2) is 28.2 Å². The van der Waals surface area contributed by atoms with Crippen LogP contribution in [0.25, 0.3) is 0 Å². The molecule has 0 aliphatic carbocycles. The van der Waals surface area contributed by atoms with Crippen LogP contribution in [0, 0.1) is 6.92 Å². The Balaban J connectivity index is 2.53. The summed E-state index contributed by atoms with van der Waals surface area (Å²) in [7, 11) is -0.836. The fourth-order valence-electron chi connectivity index (χ4n) is 1.52. The summed E-state index contributed by atoms with van der Waals surface area (Å²) in [5, 5.41) is 2.95. The Bertz CT molecular complexity index is 442. The van der Waals surface area contributed by atoms with Crippen LogP contribution in [-0.2, 0) is 10.8 Å². The Labute approximate surface area is 119 Å². The van der Waals surface area contributed by atoms with E-state index in [0.29, 0.717) is 12.1 Å². The van der Waals surface area contributed by atoms with Crippen molar-refractivity contribution in [3.8, 4) is 0 Å². The van der Waals surface area contributed by atoms with Crippen molar-refractivity contribution >= 4 is 32.6 Å². The van der Waals surface area contributed by atoms with Gasteiger partial charge in [-0.25, -0.2) is 0 Å². The molecule has 1 amide bonds. The molecule has 0 fully saturated rings. The van der Waals surface area contributed by atoms with Gasteiger partial charge in [0.05, 0.1) is 0 Å². The maximum absolute atomic E-state index is 11.9. The number of hydrogen-bond donors (Lipinski definition) is 1. The zero-order valence-electron chi connectivity index (χ0n) is 10.8. The van der Waals surface area contributed by atoms with Gasteiger partial charge >= 0.3 is 0 Å². The van der Waals surface area contributed by atoms with Gasteiger partial charge in [-0.2, -0.15) is 0 Å². The van der Waals surface area contributed by atoms with Gasteiger partial charge in [-0.1, -0.05) is 22.9 Å². The SMILES string of the molecule is Cc1cc(Br)cc(C(=O)NCC[C@H](C)[S@](C)=O)c1. The molecule has 1 aromatic carbocycles. The minimum atomic E-state index is -0.836. The molecule has 3 nitrogen and oxygen atoms in total. The fraction of sp³-hybridized carbons (Fsp3) is 0.462. The number of nitrogens with one attached hydrogen (secondary N) is 1. The summed E-state index contributed by atoms with van der Waals surface area (Å²) in [6, 6.07) is 5.60. The molecule has 0 spiro atoms. The van der Waals surface area contributed by atoms with Gasteiger partial charge < -0.3 is 5.32 Å². The molecule has 0 aromatic heterocycles. The van der Waals surface area contributed by atoms with Crippen LogP contribution < -0.4 is 5.32 Å². The molecule has 0 aliphatic rings. The van der Waals surface area contributed by atoms with Gasteiger partial charge in [-0.05, 0) is 37.1 Å². The molecule has 18 heavy (non-hydrogen) atoms. The third kappa shape index (κ3) is 4.90. The molecular weight excluding hydrogens is 314 g/mol. The Morgan fingerprint density at radius 2 is 2.11 bits per heavy atom. The molecule has 1 N–H and O–H groups in total. The minimum Gasteiger partial charge on any atom is -0.352 e. The molecule has 5 heteroatoms. The van der Waals surface area contributed by atoms with Crippen molar-refractivity contribution in [2.24, 2.45) is 0 Å². The third-order valence-electron chi connectivity index (χ3n) is 2.71. The first-order valence-electron chi connectivity index (χ1n) is 5.77. The van der Waals surface area contributed by atoms with Gasteiger partial charge in [0, 0.05) is 38.9 Å². The molecule has 0 unspecified atom stereocenters. The van der Waals surface area contributed by atoms with Gasteiger partial charge in [0.2, 0.25) is 0 Å². The molecule has 0 radical (unpaired) electrons. The molecule has 100 valence electrons. The smallest absolute Gasteiger partial charge is 0.251 e. The highest BCUT2D eigenvalue weighted by Crippen LogP contribution is 2.15. The lowest BCUT2D eigenvalue weighted by molar-refractivity contribution is 0.0953. The van der Waals surface area contributed by atoms with Gasteiger partial charge in [-0.15, -0.1) is 0 Å². The van der Waals surface area contributed by atoms with E-state index in [1.165, 1.54) is 0 Å². The molecule has 1 aromatic rings. The van der Waals surface area contributed by atoms with Gasteiger partial charge in [0.15, 0.2) is 0 Å². The summed E-state index contributed by atoms with van der Waals surface area (Å²) in [4.78, 5) is 11.9. The van der Waals surface area contributed by atoms with E-state index in [0.717, 1.165) is 16.5 Å². The van der Waals surface area contributed by atoms with Crippen molar-refractivity contribution in [3.63, 3.8) is 0 Å². The van der Waals surface area contributed by atoms with E-state index in [1.54, 1.807) is 12.3 Å². The van der Waals surface area contributed by atoms with E-state index in [9.17, 15) is 9.00 Å². The maximum Gasteiger partial charge on any atom is 0.251 e. The summed E-state index contributed by atoms with van der Waals surface area (Å²) in [6.07, 6.45) is 2.41. The molecule has 0 aliphatic heterocycles. The van der Waals surface area contributed by atoms with E-state index >= 15 is 0 Å². The molecule has 1 rings (SSSR count). The number of carbonyl (C=O) groups is 1. The maximum atomic E-state index is 11.9. The summed E-state index contributed by atoms with van der Waals surface area (Å²) in [5.41, 5.74) is 1.68. The van der Waals surface area contributed by atoms with E-state index in [-0.39, 0.29) is 11.2 Å². The van der Waals surface area contributed by atoms with Crippen molar-refractivity contribution < 1.29 is 9.00 Å². The first-order chi connectivity index (χ1) is 8.40. The van der Waals surface area contributed by atoms with Crippen LogP contribution in [0.1, 0.15) is 29.3 Å². The van der Waals surface area contributed by atoms with Gasteiger partial charge in [0.1, 0.15) is 0 Å². The van der Waals surface area contributed by atoms with Crippen molar-refractivity contribution in [1.29, 1.82) is 0 Å². The second-order valence-electron chi connectivity index (χ2n) is 4.37. The summed E-state index contributed by atoms with van der Waals surface area (Å²) in [6.45, 7) is 4.42. The Hall–Kier alpha value is -0.680. The Morgan fingerprint density at radius 1 is 1.44 bits per heavy atom. The van der Waals surface area contributed by atoms with Crippen LogP contribution in [0.2, 0.25) is 0 Å². The second kappa shape index (κ2) is 7.04. The monoisotopic (exact) mass is 331 g/mol. The largest absolute Gasteiger partial charge is 0.352 e. The zero-order chi connectivity index (χ0) is 13.7. The lowest BCUT2D eigenvalue weighted by Crippen LogP contribution is -2.27. The Kier molecular flexibility index (Phi) is 6.02. The zero-order valence-corrected chi connectivity index (χ0v) is 13.2. The minimum absolute atomic E-state index is 0.0894. The first kappa shape index (κ1) is 15.4. The lowest BCUT2D eigenvalue weighted by Gasteiger charge is -2.10. The van der Waals surface area contributed by atoms with E-state index in [2.05, 4.69) is 21.2 Å². The lowest BCUT2D eigenvalue weighted by atomic mass is 10.1. The first-order valence-corrected chi connectivity index (χ1v) is 8.19. The molecule has 0 bridgehead atoms. The predicted octanol–water partition coefficient (Wildman–Crippen LogP) is 2.64. The van der Waals surface area contributed by atoms with Crippen LogP contribution in [0.4, 0.5) is 0 Å². The fourth-order valence-corrected chi connectivity index (χ4v) is 2.58. The number of benzene rings is 1. The van der Waals surface area contributed by atoms with Gasteiger partial charge in [-0.3, -0.25) is 9.00 Å². The van der Waals surface area contributed by atoms with Crippen LogP contribution >= 0.6 is 15.9 Å². The topological polar surface area (TPSA) is 46.2 Å². The Morgan fingerprint density at radius 3 is 2.67 bits per heavy atom. The average Bonchev–Trinajstić information content (AvgIpc) is 2.27. The van der Waals surface area contributed by atoms with Crippen LogP contribution in [0.15, 0.2) is 22.7 Å². The quantitative estimate of drug-likeness (QED) is 0.901. The number of carbonyl (C=O) groups excluding carboxylic acids is 1. The number of rotatable bonds is 5. The van der Waals surface area contributed by atoms with E-state index in [1.807, 2.05) is 26.0 Å². The van der Waals surface area contributed by atoms with Crippen LogP contribution in [0.5, 0.6) is 0 Å². The van der Waals surface area contributed by atoms with E-state index in [4.69, 9.17) is 0 Å². The number of hydrogen-bond acceptors (Lipinski definition) is 2. The summed E-state index contributed by atoms with van der Waals surface area (Å²) >= 11 is 3.37. The van der Waals surface area contributed by atoms with Crippen LogP contribution in [0.3, 0.4) is 0 Å². The van der Waals surface area contributed by atoms with Crippen molar-refractivity contribution in [3.05, 3.63) is 33.8 Å². The summed E-state index contributed by atoms with van der Waals surface area (Å²) in [5.74, 6) is -0.0894. The highest BCUT2D eigenvalue weighted by Gasteiger charge is 2.09. The van der Waals surface area contributed by atoms with Crippen molar-refractivity contribution in [2.75, 3.05) is 12.8 Å². The van der Waals surface area contributed by atoms with Gasteiger partial charge in [0.25, 0.3) is 5.91 Å². The van der Waals surface area contributed by atoms with E-state index < -0.39 is 10.8 Å². The normalized spacial score (nSPS) is 14.0. The molecule has 2 atom stereocenters. The molecule has 0 saturated carbocycles. The van der Waals surface area contributed by atoms with Crippen molar-refractivity contribution in [1.82, 2.24) is 5.32 Å². The molecular formula is C13H18BrNO2S. The highest BCUT2D eigenvalue weighted by atomic mass is 79.9. The summed E-state index contributed by atoms with van der Waals surface area (Å²) < 4.78 is 12.1. The molecule has 0 heterocycles.